The molecular formula is C35H34N4O2S. The van der Waals surface area contributed by atoms with Crippen LogP contribution in [0.25, 0.3) is 17.2 Å². The third-order valence-electron chi connectivity index (χ3n) is 7.26. The van der Waals surface area contributed by atoms with E-state index in [9.17, 15) is 14.9 Å². The van der Waals surface area contributed by atoms with Crippen molar-refractivity contribution in [1.82, 2.24) is 0 Å². The monoisotopic (exact) mass is 574 g/mol. The molecule has 2 amide bonds. The SMILES string of the molecule is CCCCN(CCCC)c1sc(C=C2C(=O)N(c3ccccc3)N(c3ccccc3)C2=O)c(-c2ccccc2)c1C#N. The molecule has 0 radical (unpaired) electrons. The lowest BCUT2D eigenvalue weighted by Gasteiger charge is -2.27. The van der Waals surface area contributed by atoms with Crippen LogP contribution in [0.2, 0.25) is 0 Å². The molecule has 0 aliphatic carbocycles. The van der Waals surface area contributed by atoms with E-state index in [0.29, 0.717) is 16.9 Å². The maximum absolute atomic E-state index is 14.1. The molecule has 6 nitrogen and oxygen atoms in total. The van der Waals surface area contributed by atoms with Crippen LogP contribution in [0.5, 0.6) is 0 Å². The molecule has 0 unspecified atom stereocenters. The molecule has 2 heterocycles. The fourth-order valence-electron chi connectivity index (χ4n) is 5.13. The molecule has 1 aliphatic heterocycles. The number of unbranched alkanes of at least 4 members (excludes halogenated alkanes) is 2. The molecule has 1 aliphatic rings. The van der Waals surface area contributed by atoms with E-state index in [1.165, 1.54) is 21.4 Å². The molecule has 7 heteroatoms. The molecule has 3 aromatic carbocycles. The quantitative estimate of drug-likeness (QED) is 0.134. The molecule has 5 rings (SSSR count). The third kappa shape index (κ3) is 5.72. The Morgan fingerprint density at radius 2 is 1.24 bits per heavy atom. The Labute approximate surface area is 251 Å². The molecule has 0 saturated carbocycles. The zero-order chi connectivity index (χ0) is 29.5. The van der Waals surface area contributed by atoms with E-state index < -0.39 is 11.8 Å². The van der Waals surface area contributed by atoms with E-state index in [1.54, 1.807) is 6.08 Å². The number of thiophene rings is 1. The van der Waals surface area contributed by atoms with Gasteiger partial charge in [-0.25, -0.2) is 10.0 Å². The van der Waals surface area contributed by atoms with Gasteiger partial charge in [-0.2, -0.15) is 5.26 Å². The minimum Gasteiger partial charge on any atom is -0.362 e. The van der Waals surface area contributed by atoms with Gasteiger partial charge in [-0.05, 0) is 48.7 Å². The van der Waals surface area contributed by atoms with Crippen LogP contribution in [-0.2, 0) is 9.59 Å². The lowest BCUT2D eigenvalue weighted by atomic mass is 10.00. The minimum absolute atomic E-state index is 0.0610. The Balaban J connectivity index is 1.69. The highest BCUT2D eigenvalue weighted by Gasteiger charge is 2.43. The molecule has 0 N–H and O–H groups in total. The third-order valence-corrected chi connectivity index (χ3v) is 8.46. The first-order chi connectivity index (χ1) is 20.6. The number of carbonyl (C=O) groups excluding carboxylic acids is 2. The molecule has 0 spiro atoms. The topological polar surface area (TPSA) is 67.7 Å². The lowest BCUT2D eigenvalue weighted by Crippen LogP contribution is -2.41. The molecule has 4 aromatic rings. The van der Waals surface area contributed by atoms with E-state index >= 15 is 0 Å². The minimum atomic E-state index is -0.406. The summed E-state index contributed by atoms with van der Waals surface area (Å²) in [6, 6.07) is 30.6. The van der Waals surface area contributed by atoms with Gasteiger partial charge in [0, 0.05) is 23.5 Å². The summed E-state index contributed by atoms with van der Waals surface area (Å²) in [4.78, 5) is 31.1. The Morgan fingerprint density at radius 1 is 0.762 bits per heavy atom. The van der Waals surface area contributed by atoms with E-state index in [4.69, 9.17) is 0 Å². The van der Waals surface area contributed by atoms with Gasteiger partial charge in [0.25, 0.3) is 11.8 Å². The van der Waals surface area contributed by atoms with E-state index in [0.717, 1.165) is 59.8 Å². The maximum Gasteiger partial charge on any atom is 0.283 e. The molecule has 1 fully saturated rings. The van der Waals surface area contributed by atoms with Crippen molar-refractivity contribution in [2.45, 2.75) is 39.5 Å². The van der Waals surface area contributed by atoms with Crippen molar-refractivity contribution in [3.05, 3.63) is 107 Å². The van der Waals surface area contributed by atoms with Crippen LogP contribution in [0.1, 0.15) is 50.0 Å². The smallest absolute Gasteiger partial charge is 0.283 e. The summed E-state index contributed by atoms with van der Waals surface area (Å²) in [5.41, 5.74) is 3.48. The van der Waals surface area contributed by atoms with Crippen LogP contribution in [0.15, 0.2) is 96.6 Å². The van der Waals surface area contributed by atoms with Gasteiger partial charge in [0.05, 0.1) is 16.9 Å². The summed E-state index contributed by atoms with van der Waals surface area (Å²) in [7, 11) is 0. The highest BCUT2D eigenvalue weighted by Crippen LogP contribution is 2.44. The molecule has 0 bridgehead atoms. The van der Waals surface area contributed by atoms with E-state index in [-0.39, 0.29) is 5.57 Å². The van der Waals surface area contributed by atoms with Crippen molar-refractivity contribution in [1.29, 1.82) is 5.26 Å². The second-order valence-corrected chi connectivity index (χ2v) is 11.2. The molecule has 212 valence electrons. The second-order valence-electron chi connectivity index (χ2n) is 10.2. The van der Waals surface area contributed by atoms with Gasteiger partial charge < -0.3 is 4.90 Å². The van der Waals surface area contributed by atoms with Crippen LogP contribution in [-0.4, -0.2) is 24.9 Å². The van der Waals surface area contributed by atoms with Gasteiger partial charge in [0.1, 0.15) is 16.6 Å². The zero-order valence-electron chi connectivity index (χ0n) is 24.0. The molecular weight excluding hydrogens is 540 g/mol. The number of benzene rings is 3. The highest BCUT2D eigenvalue weighted by atomic mass is 32.1. The lowest BCUT2D eigenvalue weighted by molar-refractivity contribution is -0.116. The van der Waals surface area contributed by atoms with Crippen molar-refractivity contribution in [2.24, 2.45) is 0 Å². The van der Waals surface area contributed by atoms with E-state index in [1.807, 2.05) is 91.0 Å². The number of carbonyl (C=O) groups is 2. The first kappa shape index (κ1) is 28.8. The normalized spacial score (nSPS) is 13.0. The van der Waals surface area contributed by atoms with Crippen LogP contribution < -0.4 is 14.9 Å². The number of hydrazine groups is 1. The number of nitrogens with zero attached hydrogens (tertiary/aromatic N) is 4. The van der Waals surface area contributed by atoms with Gasteiger partial charge in [-0.3, -0.25) is 9.59 Å². The van der Waals surface area contributed by atoms with E-state index in [2.05, 4.69) is 24.8 Å². The molecule has 1 aromatic heterocycles. The Kier molecular flexibility index (Phi) is 9.15. The zero-order valence-corrected chi connectivity index (χ0v) is 24.8. The number of hydrogen-bond acceptors (Lipinski definition) is 5. The first-order valence-corrected chi connectivity index (χ1v) is 15.3. The fraction of sp³-hybridized carbons (Fsp3) is 0.229. The summed E-state index contributed by atoms with van der Waals surface area (Å²) in [6.45, 7) is 6.02. The fourth-order valence-corrected chi connectivity index (χ4v) is 6.40. The van der Waals surface area contributed by atoms with Gasteiger partial charge in [-0.15, -0.1) is 11.3 Å². The van der Waals surface area contributed by atoms with Gasteiger partial charge >= 0.3 is 0 Å². The highest BCUT2D eigenvalue weighted by molar-refractivity contribution is 7.17. The summed E-state index contributed by atoms with van der Waals surface area (Å²) in [5, 5.41) is 14.2. The van der Waals surface area contributed by atoms with Gasteiger partial charge in [-0.1, -0.05) is 93.4 Å². The van der Waals surface area contributed by atoms with Gasteiger partial charge in [0.15, 0.2) is 0 Å². The predicted octanol–water partition coefficient (Wildman–Crippen LogP) is 8.07. The summed E-state index contributed by atoms with van der Waals surface area (Å²) in [6.07, 6.45) is 5.81. The standard InChI is InChI=1S/C35H34N4O2S/c1-3-5-22-37(23-6-4-2)35-30(25-36)32(26-16-10-7-11-17-26)31(42-35)24-29-33(40)38(27-18-12-8-13-19-27)39(34(29)41)28-20-14-9-15-21-28/h7-21,24H,3-6,22-23H2,1-2H3. The Hall–Kier alpha value is -4.67. The van der Waals surface area contributed by atoms with Crippen LogP contribution in [0, 0.1) is 11.3 Å². The summed E-state index contributed by atoms with van der Waals surface area (Å²) >= 11 is 1.49. The first-order valence-electron chi connectivity index (χ1n) is 14.5. The number of para-hydroxylation sites is 2. The number of nitriles is 1. The van der Waals surface area contributed by atoms with Crippen LogP contribution >= 0.6 is 11.3 Å². The van der Waals surface area contributed by atoms with Crippen molar-refractivity contribution in [2.75, 3.05) is 28.0 Å². The maximum atomic E-state index is 14.1. The van der Waals surface area contributed by atoms with Crippen molar-refractivity contribution < 1.29 is 9.59 Å². The van der Waals surface area contributed by atoms with Crippen LogP contribution in [0.3, 0.4) is 0 Å². The largest absolute Gasteiger partial charge is 0.362 e. The summed E-state index contributed by atoms with van der Waals surface area (Å²) < 4.78 is 0. The average molecular weight is 575 g/mol. The van der Waals surface area contributed by atoms with Gasteiger partial charge in [0.2, 0.25) is 0 Å². The average Bonchev–Trinajstić information content (AvgIpc) is 3.52. The number of amides is 2. The molecule has 1 saturated heterocycles. The van der Waals surface area contributed by atoms with Crippen molar-refractivity contribution in [3.63, 3.8) is 0 Å². The number of hydrogen-bond donors (Lipinski definition) is 0. The van der Waals surface area contributed by atoms with Crippen molar-refractivity contribution in [3.8, 4) is 17.2 Å². The Morgan fingerprint density at radius 3 is 1.69 bits per heavy atom. The predicted molar refractivity (Wildman–Crippen MR) is 172 cm³/mol. The number of anilines is 3. The Bertz CT molecular complexity index is 1540. The number of rotatable bonds is 11. The van der Waals surface area contributed by atoms with Crippen molar-refractivity contribution >= 4 is 45.6 Å². The summed E-state index contributed by atoms with van der Waals surface area (Å²) in [5.74, 6) is -0.812. The van der Waals surface area contributed by atoms with Crippen LogP contribution in [0.4, 0.5) is 16.4 Å². The second kappa shape index (κ2) is 13.3. The molecule has 42 heavy (non-hydrogen) atoms. The molecule has 0 atom stereocenters.